The number of fused-ring (bicyclic) bond motifs is 1. The largest absolute Gasteiger partial charge is 0.390 e. The molecular formula is C19H20FNO2. The molecule has 0 aromatic heterocycles. The summed E-state index contributed by atoms with van der Waals surface area (Å²) in [5, 5.41) is 13.1. The zero-order valence-corrected chi connectivity index (χ0v) is 13.0. The van der Waals surface area contributed by atoms with Gasteiger partial charge in [0.1, 0.15) is 5.82 Å². The van der Waals surface area contributed by atoms with Crippen molar-refractivity contribution in [1.82, 2.24) is 5.32 Å². The molecule has 3 unspecified atom stereocenters. The molecule has 3 rings (SSSR count). The maximum absolute atomic E-state index is 13.2. The number of hydrogen-bond donors (Lipinski definition) is 2. The van der Waals surface area contributed by atoms with Crippen LogP contribution in [0.2, 0.25) is 0 Å². The van der Waals surface area contributed by atoms with E-state index in [4.69, 9.17) is 0 Å². The Kier molecular flexibility index (Phi) is 4.44. The number of rotatable bonds is 4. The fourth-order valence-electron chi connectivity index (χ4n) is 3.15. The van der Waals surface area contributed by atoms with Gasteiger partial charge >= 0.3 is 0 Å². The van der Waals surface area contributed by atoms with Gasteiger partial charge in [-0.25, -0.2) is 4.39 Å². The second-order valence-corrected chi connectivity index (χ2v) is 6.19. The van der Waals surface area contributed by atoms with E-state index in [1.165, 1.54) is 12.1 Å². The summed E-state index contributed by atoms with van der Waals surface area (Å²) in [6.45, 7) is 1.81. The molecule has 0 radical (unpaired) electrons. The van der Waals surface area contributed by atoms with Crippen molar-refractivity contribution in [2.24, 2.45) is 5.92 Å². The first-order chi connectivity index (χ1) is 11.0. The molecule has 1 aliphatic carbocycles. The van der Waals surface area contributed by atoms with Crippen molar-refractivity contribution in [1.29, 1.82) is 0 Å². The molecule has 3 nitrogen and oxygen atoms in total. The van der Waals surface area contributed by atoms with E-state index < -0.39 is 6.10 Å². The molecule has 0 aliphatic heterocycles. The molecule has 23 heavy (non-hydrogen) atoms. The summed E-state index contributed by atoms with van der Waals surface area (Å²) in [6, 6.07) is 13.7. The van der Waals surface area contributed by atoms with Crippen molar-refractivity contribution in [2.45, 2.75) is 31.9 Å². The third kappa shape index (κ3) is 3.42. The molecule has 0 spiro atoms. The standard InChI is InChI=1S/C19H20FNO2/c1-12(9-13-5-4-7-15(20)10-13)19(23)21-18-16-8-3-2-6-14(16)11-17(18)22/h2-8,10,12,17-18,22H,9,11H2,1H3,(H,21,23). The summed E-state index contributed by atoms with van der Waals surface area (Å²) in [7, 11) is 0. The van der Waals surface area contributed by atoms with Gasteiger partial charge in [-0.3, -0.25) is 4.79 Å². The monoisotopic (exact) mass is 313 g/mol. The highest BCUT2D eigenvalue weighted by molar-refractivity contribution is 5.79. The summed E-state index contributed by atoms with van der Waals surface area (Å²) < 4.78 is 13.2. The first kappa shape index (κ1) is 15.7. The maximum atomic E-state index is 13.2. The van der Waals surface area contributed by atoms with E-state index in [0.717, 1.165) is 16.7 Å². The SMILES string of the molecule is CC(Cc1cccc(F)c1)C(=O)NC1c2ccccc2CC1O. The van der Waals surface area contributed by atoms with E-state index in [1.54, 1.807) is 6.07 Å². The van der Waals surface area contributed by atoms with E-state index in [0.29, 0.717) is 12.8 Å². The van der Waals surface area contributed by atoms with Gasteiger partial charge in [-0.2, -0.15) is 0 Å². The normalized spacial score (nSPS) is 20.8. The number of amides is 1. The van der Waals surface area contributed by atoms with Crippen LogP contribution in [0.4, 0.5) is 4.39 Å². The van der Waals surface area contributed by atoms with Crippen LogP contribution < -0.4 is 5.32 Å². The summed E-state index contributed by atoms with van der Waals surface area (Å²) in [5.74, 6) is -0.720. The van der Waals surface area contributed by atoms with Crippen LogP contribution >= 0.6 is 0 Å². The molecule has 2 aromatic rings. The first-order valence-corrected chi connectivity index (χ1v) is 7.85. The van der Waals surface area contributed by atoms with Crippen LogP contribution in [0.5, 0.6) is 0 Å². The fourth-order valence-corrected chi connectivity index (χ4v) is 3.15. The fraction of sp³-hybridized carbons (Fsp3) is 0.316. The second-order valence-electron chi connectivity index (χ2n) is 6.19. The molecule has 120 valence electrons. The number of carbonyl (C=O) groups excluding carboxylic acids is 1. The smallest absolute Gasteiger partial charge is 0.223 e. The van der Waals surface area contributed by atoms with Gasteiger partial charge in [0.2, 0.25) is 5.91 Å². The highest BCUT2D eigenvalue weighted by atomic mass is 19.1. The summed E-state index contributed by atoms with van der Waals surface area (Å²) in [4.78, 5) is 12.4. The Hall–Kier alpha value is -2.20. The third-order valence-electron chi connectivity index (χ3n) is 4.38. The summed E-state index contributed by atoms with van der Waals surface area (Å²) in [5.41, 5.74) is 2.84. The van der Waals surface area contributed by atoms with E-state index in [2.05, 4.69) is 5.32 Å². The predicted molar refractivity (Wildman–Crippen MR) is 86.3 cm³/mol. The molecule has 2 N–H and O–H groups in total. The Bertz CT molecular complexity index is 716. The van der Waals surface area contributed by atoms with Crippen molar-refractivity contribution >= 4 is 5.91 Å². The average molecular weight is 313 g/mol. The van der Waals surface area contributed by atoms with Crippen molar-refractivity contribution in [2.75, 3.05) is 0 Å². The second kappa shape index (κ2) is 6.50. The highest BCUT2D eigenvalue weighted by Gasteiger charge is 2.32. The lowest BCUT2D eigenvalue weighted by atomic mass is 9.99. The lowest BCUT2D eigenvalue weighted by Gasteiger charge is -2.20. The molecule has 0 saturated carbocycles. The molecule has 0 saturated heterocycles. The number of hydrogen-bond acceptors (Lipinski definition) is 2. The van der Waals surface area contributed by atoms with Gasteiger partial charge in [0.15, 0.2) is 0 Å². The molecule has 2 aromatic carbocycles. The zero-order valence-electron chi connectivity index (χ0n) is 13.0. The number of carbonyl (C=O) groups is 1. The minimum atomic E-state index is -0.599. The van der Waals surface area contributed by atoms with E-state index in [1.807, 2.05) is 37.3 Å². The lowest BCUT2D eigenvalue weighted by molar-refractivity contribution is -0.126. The quantitative estimate of drug-likeness (QED) is 0.912. The van der Waals surface area contributed by atoms with Gasteiger partial charge in [-0.15, -0.1) is 0 Å². The zero-order chi connectivity index (χ0) is 16.4. The van der Waals surface area contributed by atoms with Crippen LogP contribution in [-0.2, 0) is 17.6 Å². The van der Waals surface area contributed by atoms with Crippen LogP contribution in [-0.4, -0.2) is 17.1 Å². The molecule has 0 heterocycles. The molecule has 0 bridgehead atoms. The number of aliphatic hydroxyl groups excluding tert-OH is 1. The van der Waals surface area contributed by atoms with Gasteiger partial charge in [0.25, 0.3) is 0 Å². The van der Waals surface area contributed by atoms with Gasteiger partial charge in [0.05, 0.1) is 12.1 Å². The summed E-state index contributed by atoms with van der Waals surface area (Å²) >= 11 is 0. The van der Waals surface area contributed by atoms with Crippen molar-refractivity contribution in [3.05, 3.63) is 71.0 Å². The molecule has 1 aliphatic rings. The molecular weight excluding hydrogens is 293 g/mol. The predicted octanol–water partition coefficient (Wildman–Crippen LogP) is 2.78. The van der Waals surface area contributed by atoms with Crippen molar-refractivity contribution < 1.29 is 14.3 Å². The van der Waals surface area contributed by atoms with Gasteiger partial charge in [-0.1, -0.05) is 43.3 Å². The van der Waals surface area contributed by atoms with Gasteiger partial charge < -0.3 is 10.4 Å². The van der Waals surface area contributed by atoms with Crippen LogP contribution in [0.15, 0.2) is 48.5 Å². The van der Waals surface area contributed by atoms with Crippen molar-refractivity contribution in [3.63, 3.8) is 0 Å². The van der Waals surface area contributed by atoms with Crippen LogP contribution in [0, 0.1) is 11.7 Å². The van der Waals surface area contributed by atoms with Gasteiger partial charge in [0, 0.05) is 12.3 Å². The Morgan fingerprint density at radius 1 is 1.30 bits per heavy atom. The van der Waals surface area contributed by atoms with Crippen LogP contribution in [0.3, 0.4) is 0 Å². The maximum Gasteiger partial charge on any atom is 0.223 e. The third-order valence-corrected chi connectivity index (χ3v) is 4.38. The Balaban J connectivity index is 1.67. The van der Waals surface area contributed by atoms with E-state index >= 15 is 0 Å². The molecule has 4 heteroatoms. The Labute approximate surface area is 135 Å². The minimum absolute atomic E-state index is 0.130. The lowest BCUT2D eigenvalue weighted by Crippen LogP contribution is -2.37. The van der Waals surface area contributed by atoms with E-state index in [-0.39, 0.29) is 23.7 Å². The van der Waals surface area contributed by atoms with Crippen LogP contribution in [0.1, 0.15) is 29.7 Å². The molecule has 1 amide bonds. The van der Waals surface area contributed by atoms with Crippen LogP contribution in [0.25, 0.3) is 0 Å². The van der Waals surface area contributed by atoms with E-state index in [9.17, 15) is 14.3 Å². The number of nitrogens with one attached hydrogen (secondary N) is 1. The number of aliphatic hydroxyl groups is 1. The first-order valence-electron chi connectivity index (χ1n) is 7.85. The number of halogens is 1. The number of benzene rings is 2. The highest BCUT2D eigenvalue weighted by Crippen LogP contribution is 2.31. The van der Waals surface area contributed by atoms with Gasteiger partial charge in [-0.05, 0) is 35.2 Å². The van der Waals surface area contributed by atoms with Crippen molar-refractivity contribution in [3.8, 4) is 0 Å². The Morgan fingerprint density at radius 3 is 2.87 bits per heavy atom. The topological polar surface area (TPSA) is 49.3 Å². The molecule has 0 fully saturated rings. The molecule has 3 atom stereocenters. The Morgan fingerprint density at radius 2 is 2.09 bits per heavy atom. The minimum Gasteiger partial charge on any atom is -0.390 e. The summed E-state index contributed by atoms with van der Waals surface area (Å²) in [6.07, 6.45) is 0.422. The average Bonchev–Trinajstić information content (AvgIpc) is 2.83.